The van der Waals surface area contributed by atoms with Crippen LogP contribution in [-0.4, -0.2) is 16.7 Å². The minimum absolute atomic E-state index is 0.0981. The van der Waals surface area contributed by atoms with Crippen LogP contribution in [-0.2, 0) is 11.3 Å². The van der Waals surface area contributed by atoms with Gasteiger partial charge in [0.2, 0.25) is 5.91 Å². The van der Waals surface area contributed by atoms with Crippen LogP contribution in [0.1, 0.15) is 12.0 Å². The van der Waals surface area contributed by atoms with Crippen molar-refractivity contribution in [2.75, 3.05) is 0 Å². The normalized spacial score (nSPS) is 11.4. The predicted molar refractivity (Wildman–Crippen MR) is 106 cm³/mol. The average Bonchev–Trinajstić information content (AvgIpc) is 3.01. The molecule has 1 aromatic heterocycles. The summed E-state index contributed by atoms with van der Waals surface area (Å²) in [5.41, 5.74) is 5.86. The van der Waals surface area contributed by atoms with E-state index in [9.17, 15) is 4.79 Å². The van der Waals surface area contributed by atoms with Crippen LogP contribution in [0.3, 0.4) is 0 Å². The van der Waals surface area contributed by atoms with Crippen molar-refractivity contribution in [3.8, 4) is 0 Å². The van der Waals surface area contributed by atoms with Gasteiger partial charge in [-0.25, -0.2) is 5.43 Å². The second-order valence-electron chi connectivity index (χ2n) is 6.14. The van der Waals surface area contributed by atoms with Gasteiger partial charge in [0.15, 0.2) is 0 Å². The second-order valence-corrected chi connectivity index (χ2v) is 6.14. The summed E-state index contributed by atoms with van der Waals surface area (Å²) in [6.45, 7) is 0.612. The van der Waals surface area contributed by atoms with Crippen LogP contribution in [0.4, 0.5) is 0 Å². The van der Waals surface area contributed by atoms with Crippen molar-refractivity contribution in [3.05, 3.63) is 84.4 Å². The molecule has 0 aliphatic heterocycles. The number of rotatable bonds is 5. The monoisotopic (exact) mass is 341 g/mol. The number of carbonyl (C=O) groups excluding carboxylic acids is 1. The zero-order chi connectivity index (χ0) is 17.8. The van der Waals surface area contributed by atoms with Crippen molar-refractivity contribution >= 4 is 33.9 Å². The Morgan fingerprint density at radius 3 is 2.08 bits per heavy atom. The van der Waals surface area contributed by atoms with Gasteiger partial charge in [0.05, 0.1) is 6.21 Å². The molecular weight excluding hydrogens is 322 g/mol. The predicted octanol–water partition coefficient (Wildman–Crippen LogP) is 4.33. The third-order valence-corrected chi connectivity index (χ3v) is 4.44. The SMILES string of the molecule is O=C(CCn1c2ccccc2c2ccccc21)N/N=C\c1ccccc1. The molecule has 3 aromatic carbocycles. The second kappa shape index (κ2) is 7.23. The molecule has 0 aliphatic carbocycles. The van der Waals surface area contributed by atoms with Gasteiger partial charge in [0, 0.05) is 34.8 Å². The van der Waals surface area contributed by atoms with Crippen LogP contribution >= 0.6 is 0 Å². The van der Waals surface area contributed by atoms with E-state index < -0.39 is 0 Å². The minimum Gasteiger partial charge on any atom is -0.340 e. The number of fused-ring (bicyclic) bond motifs is 3. The van der Waals surface area contributed by atoms with Crippen LogP contribution in [0, 0.1) is 0 Å². The third-order valence-electron chi connectivity index (χ3n) is 4.44. The number of nitrogens with zero attached hydrogens (tertiary/aromatic N) is 2. The van der Waals surface area contributed by atoms with Gasteiger partial charge in [-0.15, -0.1) is 0 Å². The Bertz CT molecular complexity index is 1030. The van der Waals surface area contributed by atoms with Crippen molar-refractivity contribution < 1.29 is 4.79 Å². The van der Waals surface area contributed by atoms with Crippen LogP contribution in [0.25, 0.3) is 21.8 Å². The smallest absolute Gasteiger partial charge is 0.241 e. The van der Waals surface area contributed by atoms with Gasteiger partial charge < -0.3 is 4.57 Å². The molecule has 0 aliphatic rings. The molecule has 0 spiro atoms. The van der Waals surface area contributed by atoms with Gasteiger partial charge in [-0.2, -0.15) is 5.10 Å². The maximum Gasteiger partial charge on any atom is 0.241 e. The van der Waals surface area contributed by atoms with Crippen LogP contribution in [0.5, 0.6) is 0 Å². The summed E-state index contributed by atoms with van der Waals surface area (Å²) in [5, 5.41) is 6.46. The lowest BCUT2D eigenvalue weighted by molar-refractivity contribution is -0.121. The Kier molecular flexibility index (Phi) is 4.48. The molecule has 4 heteroatoms. The fraction of sp³-hybridized carbons (Fsp3) is 0.0909. The summed E-state index contributed by atoms with van der Waals surface area (Å²) >= 11 is 0. The van der Waals surface area contributed by atoms with E-state index in [1.54, 1.807) is 6.21 Å². The number of carbonyl (C=O) groups is 1. The van der Waals surface area contributed by atoms with Crippen molar-refractivity contribution in [2.45, 2.75) is 13.0 Å². The maximum absolute atomic E-state index is 12.2. The molecule has 4 nitrogen and oxygen atoms in total. The van der Waals surface area contributed by atoms with Crippen LogP contribution in [0.15, 0.2) is 84.0 Å². The van der Waals surface area contributed by atoms with Gasteiger partial charge in [0.25, 0.3) is 0 Å². The molecule has 1 heterocycles. The quantitative estimate of drug-likeness (QED) is 0.426. The Morgan fingerprint density at radius 2 is 1.42 bits per heavy atom. The largest absolute Gasteiger partial charge is 0.340 e. The summed E-state index contributed by atoms with van der Waals surface area (Å²) in [4.78, 5) is 12.2. The molecule has 0 atom stereocenters. The fourth-order valence-corrected chi connectivity index (χ4v) is 3.23. The van der Waals surface area contributed by atoms with Gasteiger partial charge in [-0.1, -0.05) is 66.7 Å². The molecule has 26 heavy (non-hydrogen) atoms. The van der Waals surface area contributed by atoms with Crippen LogP contribution < -0.4 is 5.43 Å². The number of hydrogen-bond donors (Lipinski definition) is 1. The van der Waals surface area contributed by atoms with Crippen molar-refractivity contribution in [2.24, 2.45) is 5.10 Å². The van der Waals surface area contributed by atoms with Crippen molar-refractivity contribution in [3.63, 3.8) is 0 Å². The summed E-state index contributed by atoms with van der Waals surface area (Å²) in [6, 6.07) is 26.3. The van der Waals surface area contributed by atoms with E-state index in [-0.39, 0.29) is 5.91 Å². The van der Waals surface area contributed by atoms with Gasteiger partial charge in [-0.05, 0) is 17.7 Å². The molecule has 0 saturated carbocycles. The Balaban J connectivity index is 1.49. The molecule has 128 valence electrons. The number of para-hydroxylation sites is 2. The van der Waals surface area contributed by atoms with E-state index in [0.29, 0.717) is 13.0 Å². The summed E-state index contributed by atoms with van der Waals surface area (Å²) in [7, 11) is 0. The number of aryl methyl sites for hydroxylation is 1. The van der Waals surface area contributed by atoms with Gasteiger partial charge >= 0.3 is 0 Å². The molecular formula is C22H19N3O. The first-order chi connectivity index (χ1) is 12.8. The van der Waals surface area contributed by atoms with E-state index in [2.05, 4.69) is 39.4 Å². The number of benzene rings is 3. The zero-order valence-electron chi connectivity index (χ0n) is 14.3. The first kappa shape index (κ1) is 16.1. The molecule has 0 fully saturated rings. The average molecular weight is 341 g/mol. The van der Waals surface area contributed by atoms with Gasteiger partial charge in [0.1, 0.15) is 0 Å². The van der Waals surface area contributed by atoms with E-state index in [1.165, 1.54) is 10.8 Å². The first-order valence-electron chi connectivity index (χ1n) is 8.66. The highest BCUT2D eigenvalue weighted by Gasteiger charge is 2.10. The number of aromatic nitrogens is 1. The topological polar surface area (TPSA) is 46.4 Å². The first-order valence-corrected chi connectivity index (χ1v) is 8.66. The molecule has 0 radical (unpaired) electrons. The fourth-order valence-electron chi connectivity index (χ4n) is 3.23. The standard InChI is InChI=1S/C22H19N3O/c26-22(24-23-16-17-8-2-1-3-9-17)14-15-25-20-12-6-4-10-18(20)19-11-5-7-13-21(19)25/h1-13,16H,14-15H2,(H,24,26)/b23-16-. The number of amides is 1. The third kappa shape index (κ3) is 3.22. The molecule has 1 N–H and O–H groups in total. The van der Waals surface area contributed by atoms with Crippen LogP contribution in [0.2, 0.25) is 0 Å². The van der Waals surface area contributed by atoms with E-state index in [0.717, 1.165) is 16.6 Å². The molecule has 4 aromatic rings. The zero-order valence-corrected chi connectivity index (χ0v) is 14.3. The Hall–Kier alpha value is -3.40. The number of hydrogen-bond acceptors (Lipinski definition) is 2. The van der Waals surface area contributed by atoms with Crippen molar-refractivity contribution in [1.29, 1.82) is 0 Å². The number of hydrazone groups is 1. The molecule has 0 bridgehead atoms. The Morgan fingerprint density at radius 1 is 0.846 bits per heavy atom. The minimum atomic E-state index is -0.0981. The summed E-state index contributed by atoms with van der Waals surface area (Å²) in [6.07, 6.45) is 2.02. The maximum atomic E-state index is 12.2. The highest BCUT2D eigenvalue weighted by Crippen LogP contribution is 2.28. The highest BCUT2D eigenvalue weighted by molar-refractivity contribution is 6.08. The lowest BCUT2D eigenvalue weighted by atomic mass is 10.2. The lowest BCUT2D eigenvalue weighted by Gasteiger charge is -2.06. The summed E-state index contributed by atoms with van der Waals surface area (Å²) in [5.74, 6) is -0.0981. The molecule has 0 saturated heterocycles. The van der Waals surface area contributed by atoms with E-state index in [1.807, 2.05) is 54.6 Å². The molecule has 4 rings (SSSR count). The van der Waals surface area contributed by atoms with Gasteiger partial charge in [-0.3, -0.25) is 4.79 Å². The Labute approximate surface area is 151 Å². The van der Waals surface area contributed by atoms with E-state index >= 15 is 0 Å². The highest BCUT2D eigenvalue weighted by atomic mass is 16.2. The molecule has 0 unspecified atom stereocenters. The summed E-state index contributed by atoms with van der Waals surface area (Å²) < 4.78 is 2.20. The van der Waals surface area contributed by atoms with E-state index in [4.69, 9.17) is 0 Å². The lowest BCUT2D eigenvalue weighted by Crippen LogP contribution is -2.19. The number of nitrogens with one attached hydrogen (secondary N) is 1. The van der Waals surface area contributed by atoms with Crippen molar-refractivity contribution in [1.82, 2.24) is 9.99 Å². The molecule has 1 amide bonds.